The van der Waals surface area contributed by atoms with E-state index in [2.05, 4.69) is 15.1 Å². The molecule has 78 valence electrons. The smallest absolute Gasteiger partial charge is 0.160 e. The van der Waals surface area contributed by atoms with Gasteiger partial charge in [-0.15, -0.1) is 0 Å². The zero-order chi connectivity index (χ0) is 11.0. The van der Waals surface area contributed by atoms with Crippen LogP contribution in [0.2, 0.25) is 5.15 Å². The summed E-state index contributed by atoms with van der Waals surface area (Å²) >= 11 is 5.74. The van der Waals surface area contributed by atoms with Gasteiger partial charge in [0.05, 0.1) is 5.69 Å². The van der Waals surface area contributed by atoms with Crippen molar-refractivity contribution in [2.75, 3.05) is 0 Å². The summed E-state index contributed by atoms with van der Waals surface area (Å²) in [6.07, 6.45) is 1.35. The van der Waals surface area contributed by atoms with Gasteiger partial charge in [-0.3, -0.25) is 0 Å². The Hall–Kier alpha value is -1.62. The maximum Gasteiger partial charge on any atom is 0.160 e. The molecule has 5 nitrogen and oxygen atoms in total. The summed E-state index contributed by atoms with van der Waals surface area (Å²) in [5.41, 5.74) is 1.18. The Labute approximate surface area is 91.4 Å². The van der Waals surface area contributed by atoms with Crippen LogP contribution >= 0.6 is 11.6 Å². The number of rotatable bonds is 1. The van der Waals surface area contributed by atoms with E-state index in [-0.39, 0.29) is 5.75 Å². The predicted octanol–water partition coefficient (Wildman–Crippen LogP) is 1.64. The van der Waals surface area contributed by atoms with Crippen molar-refractivity contribution < 1.29 is 5.11 Å². The van der Waals surface area contributed by atoms with Crippen LogP contribution in [0.5, 0.6) is 5.75 Å². The molecule has 2 rings (SSSR count). The van der Waals surface area contributed by atoms with E-state index in [0.717, 1.165) is 0 Å². The van der Waals surface area contributed by atoms with Crippen molar-refractivity contribution in [3.05, 3.63) is 28.9 Å². The molecule has 0 aliphatic rings. The molecule has 2 aromatic rings. The molecule has 1 N–H and O–H groups in total. The lowest BCUT2D eigenvalue weighted by Gasteiger charge is -2.01. The highest BCUT2D eigenvalue weighted by molar-refractivity contribution is 6.29. The Morgan fingerprint density at radius 1 is 1.33 bits per heavy atom. The first kappa shape index (κ1) is 9.92. The van der Waals surface area contributed by atoms with E-state index >= 15 is 0 Å². The van der Waals surface area contributed by atoms with Crippen LogP contribution in [0.3, 0.4) is 0 Å². The molecule has 0 unspecified atom stereocenters. The summed E-state index contributed by atoms with van der Waals surface area (Å²) in [5, 5.41) is 14.1. The van der Waals surface area contributed by atoms with Gasteiger partial charge in [-0.25, -0.2) is 14.6 Å². The number of nitrogens with zero attached hydrogens (tertiary/aromatic N) is 4. The van der Waals surface area contributed by atoms with E-state index in [4.69, 9.17) is 11.6 Å². The molecule has 0 saturated heterocycles. The molecule has 6 heteroatoms. The van der Waals surface area contributed by atoms with Gasteiger partial charge in [-0.05, 0) is 13.8 Å². The van der Waals surface area contributed by atoms with Crippen molar-refractivity contribution >= 4 is 11.6 Å². The average Bonchev–Trinajstić information content (AvgIpc) is 2.46. The van der Waals surface area contributed by atoms with Gasteiger partial charge in [0.15, 0.2) is 11.6 Å². The van der Waals surface area contributed by atoms with Gasteiger partial charge in [0, 0.05) is 6.07 Å². The lowest BCUT2D eigenvalue weighted by atomic mass is 10.3. The Morgan fingerprint density at radius 2 is 2.07 bits per heavy atom. The molecule has 0 atom stereocenters. The summed E-state index contributed by atoms with van der Waals surface area (Å²) in [4.78, 5) is 7.79. The van der Waals surface area contributed by atoms with Crippen molar-refractivity contribution in [2.24, 2.45) is 0 Å². The van der Waals surface area contributed by atoms with Gasteiger partial charge in [0.25, 0.3) is 0 Å². The van der Waals surface area contributed by atoms with Crippen molar-refractivity contribution in [1.82, 2.24) is 19.7 Å². The van der Waals surface area contributed by atoms with Gasteiger partial charge in [0.1, 0.15) is 17.2 Å². The van der Waals surface area contributed by atoms with Crippen LogP contribution < -0.4 is 0 Å². The molecular weight excluding hydrogens is 216 g/mol. The molecule has 0 saturated carbocycles. The third-order valence-corrected chi connectivity index (χ3v) is 2.30. The fourth-order valence-corrected chi connectivity index (χ4v) is 1.44. The zero-order valence-corrected chi connectivity index (χ0v) is 9.02. The third-order valence-electron chi connectivity index (χ3n) is 2.09. The van der Waals surface area contributed by atoms with Crippen LogP contribution in [-0.4, -0.2) is 24.9 Å². The van der Waals surface area contributed by atoms with Crippen LogP contribution in [0.4, 0.5) is 0 Å². The van der Waals surface area contributed by atoms with Crippen molar-refractivity contribution in [2.45, 2.75) is 13.8 Å². The highest BCUT2D eigenvalue weighted by Crippen LogP contribution is 2.22. The summed E-state index contributed by atoms with van der Waals surface area (Å²) in [5.74, 6) is 0.709. The van der Waals surface area contributed by atoms with Crippen LogP contribution in [0.15, 0.2) is 12.4 Å². The largest absolute Gasteiger partial charge is 0.504 e. The number of hydrogen-bond donors (Lipinski definition) is 1. The first-order valence-electron chi connectivity index (χ1n) is 4.32. The van der Waals surface area contributed by atoms with Crippen LogP contribution in [0.1, 0.15) is 11.4 Å². The molecule has 15 heavy (non-hydrogen) atoms. The third kappa shape index (κ3) is 1.66. The Morgan fingerprint density at radius 3 is 2.60 bits per heavy atom. The van der Waals surface area contributed by atoms with Gasteiger partial charge >= 0.3 is 0 Å². The topological polar surface area (TPSA) is 63.8 Å². The monoisotopic (exact) mass is 224 g/mol. The minimum absolute atomic E-state index is 0.171. The second kappa shape index (κ2) is 3.51. The lowest BCUT2D eigenvalue weighted by molar-refractivity contribution is 0.466. The summed E-state index contributed by atoms with van der Waals surface area (Å²) in [6, 6.07) is 1.58. The maximum absolute atomic E-state index is 9.60. The number of halogens is 1. The quantitative estimate of drug-likeness (QED) is 0.748. The molecule has 0 aliphatic heterocycles. The molecule has 2 aromatic heterocycles. The summed E-state index contributed by atoms with van der Waals surface area (Å²) < 4.78 is 1.53. The van der Waals surface area contributed by atoms with Gasteiger partial charge in [-0.1, -0.05) is 11.6 Å². The fraction of sp³-hybridized carbons (Fsp3) is 0.222. The van der Waals surface area contributed by atoms with Crippen LogP contribution in [0, 0.1) is 13.8 Å². The SMILES string of the molecule is Cc1nn(-c2cc(Cl)ncn2)c(C)c1O. The first-order valence-corrected chi connectivity index (χ1v) is 4.70. The summed E-state index contributed by atoms with van der Waals surface area (Å²) in [7, 11) is 0. The number of aromatic nitrogens is 4. The average molecular weight is 225 g/mol. The standard InChI is InChI=1S/C9H9ClN4O/c1-5-9(15)6(2)14(13-5)8-3-7(10)11-4-12-8/h3-4,15H,1-2H3. The normalized spacial score (nSPS) is 10.6. The van der Waals surface area contributed by atoms with Crippen LogP contribution in [0.25, 0.3) is 5.82 Å². The molecule has 2 heterocycles. The second-order valence-electron chi connectivity index (χ2n) is 3.13. The van der Waals surface area contributed by atoms with Gasteiger partial charge in [0.2, 0.25) is 0 Å². The molecular formula is C9H9ClN4O. The lowest BCUT2D eigenvalue weighted by Crippen LogP contribution is -2.02. The Kier molecular flexibility index (Phi) is 2.32. The number of hydrogen-bond acceptors (Lipinski definition) is 4. The summed E-state index contributed by atoms with van der Waals surface area (Å²) in [6.45, 7) is 3.48. The van der Waals surface area contributed by atoms with E-state index in [9.17, 15) is 5.11 Å². The van der Waals surface area contributed by atoms with Crippen molar-refractivity contribution in [3.63, 3.8) is 0 Å². The Bertz CT molecular complexity index is 509. The van der Waals surface area contributed by atoms with E-state index in [0.29, 0.717) is 22.4 Å². The number of aromatic hydroxyl groups is 1. The molecule has 0 radical (unpaired) electrons. The van der Waals surface area contributed by atoms with E-state index in [1.807, 2.05) is 0 Å². The first-order chi connectivity index (χ1) is 7.09. The number of aryl methyl sites for hydroxylation is 1. The van der Waals surface area contributed by atoms with E-state index in [1.54, 1.807) is 19.9 Å². The molecule has 0 amide bonds. The predicted molar refractivity (Wildman–Crippen MR) is 55.3 cm³/mol. The molecule has 0 bridgehead atoms. The minimum atomic E-state index is 0.171. The minimum Gasteiger partial charge on any atom is -0.504 e. The molecule has 0 spiro atoms. The second-order valence-corrected chi connectivity index (χ2v) is 3.52. The highest BCUT2D eigenvalue weighted by Gasteiger charge is 2.12. The van der Waals surface area contributed by atoms with Crippen molar-refractivity contribution in [1.29, 1.82) is 0 Å². The zero-order valence-electron chi connectivity index (χ0n) is 8.27. The fourth-order valence-electron chi connectivity index (χ4n) is 1.30. The molecule has 0 aliphatic carbocycles. The molecule has 0 aromatic carbocycles. The van der Waals surface area contributed by atoms with Gasteiger partial charge < -0.3 is 5.11 Å². The van der Waals surface area contributed by atoms with E-state index < -0.39 is 0 Å². The van der Waals surface area contributed by atoms with Crippen molar-refractivity contribution in [3.8, 4) is 11.6 Å². The van der Waals surface area contributed by atoms with Crippen LogP contribution in [-0.2, 0) is 0 Å². The molecule has 0 fully saturated rings. The van der Waals surface area contributed by atoms with E-state index in [1.165, 1.54) is 11.0 Å². The van der Waals surface area contributed by atoms with Gasteiger partial charge in [-0.2, -0.15) is 5.10 Å². The maximum atomic E-state index is 9.60. The highest BCUT2D eigenvalue weighted by atomic mass is 35.5. The Balaban J connectivity index is 2.59.